The quantitative estimate of drug-likeness (QED) is 0.373. The number of nitrogens with zero attached hydrogens (tertiary/aromatic N) is 3. The summed E-state index contributed by atoms with van der Waals surface area (Å²) in [5.74, 6) is 1.78. The Morgan fingerprint density at radius 3 is 2.38 bits per heavy atom. The summed E-state index contributed by atoms with van der Waals surface area (Å²) in [5, 5.41) is 11.1. The molecule has 0 bridgehead atoms. The lowest BCUT2D eigenvalue weighted by Crippen LogP contribution is -2.38. The molecule has 42 heavy (non-hydrogen) atoms. The van der Waals surface area contributed by atoms with E-state index >= 15 is 0 Å². The van der Waals surface area contributed by atoms with Crippen LogP contribution in [0.3, 0.4) is 0 Å². The molecular formula is C33H31N3O6. The number of ether oxygens (including phenoxy) is 4. The van der Waals surface area contributed by atoms with E-state index in [0.29, 0.717) is 17.1 Å². The van der Waals surface area contributed by atoms with E-state index in [9.17, 15) is 9.90 Å². The van der Waals surface area contributed by atoms with E-state index in [-0.39, 0.29) is 13.0 Å². The highest BCUT2D eigenvalue weighted by molar-refractivity contribution is 6.35. The van der Waals surface area contributed by atoms with Gasteiger partial charge in [-0.15, -0.1) is 0 Å². The number of carbonyl (C=O) groups excluding carboxylic acids is 1. The van der Waals surface area contributed by atoms with Crippen LogP contribution in [-0.4, -0.2) is 68.0 Å². The van der Waals surface area contributed by atoms with Gasteiger partial charge in [-0.05, 0) is 59.5 Å². The number of hydrogen-bond donors (Lipinski definition) is 1. The molecule has 0 saturated carbocycles. The molecule has 0 spiro atoms. The number of urea groups is 1. The molecule has 3 aliphatic rings. The van der Waals surface area contributed by atoms with Crippen molar-refractivity contribution in [3.8, 4) is 11.5 Å². The van der Waals surface area contributed by atoms with Crippen molar-refractivity contribution in [1.29, 1.82) is 0 Å². The first kappa shape index (κ1) is 27.7. The van der Waals surface area contributed by atoms with Crippen LogP contribution >= 0.6 is 0 Å². The van der Waals surface area contributed by atoms with Crippen molar-refractivity contribution in [1.82, 2.24) is 0 Å². The fraction of sp³-hybridized carbons (Fsp3) is 0.273. The van der Waals surface area contributed by atoms with Crippen LogP contribution in [0.5, 0.6) is 11.5 Å². The highest BCUT2D eigenvalue weighted by Gasteiger charge is 2.44. The molecule has 214 valence electrons. The van der Waals surface area contributed by atoms with Crippen LogP contribution in [0.2, 0.25) is 0 Å². The van der Waals surface area contributed by atoms with E-state index in [1.807, 2.05) is 79.7 Å². The second kappa shape index (κ2) is 11.4. The second-order valence-corrected chi connectivity index (χ2v) is 10.3. The number of carbonyl (C=O) groups is 1. The Hall–Kier alpha value is -4.44. The zero-order chi connectivity index (χ0) is 29.3. The van der Waals surface area contributed by atoms with Gasteiger partial charge in [-0.1, -0.05) is 48.5 Å². The Balaban J connectivity index is 1.38. The average molecular weight is 566 g/mol. The van der Waals surface area contributed by atoms with Crippen molar-refractivity contribution >= 4 is 23.8 Å². The zero-order valence-corrected chi connectivity index (χ0v) is 23.6. The second-order valence-electron chi connectivity index (χ2n) is 10.3. The fourth-order valence-electron chi connectivity index (χ4n) is 5.78. The lowest BCUT2D eigenvalue weighted by molar-refractivity contribution is -0.0751. The standard InChI is InChI=1S/C33H31N3O6/c1-20-17-24(40-3)13-14-26(20)33(21-7-5-4-6-8-21,22-9-11-23(39-2)12-10-22)41-19-29-27(37)18-28(42-29)30-25-15-16-34-31(25)36-32(38)35-30/h4-17,27-29,37H,18-19H2,1-3H3/t27-,28?,29-,33?/m1/s1. The van der Waals surface area contributed by atoms with Crippen molar-refractivity contribution in [3.63, 3.8) is 0 Å². The largest absolute Gasteiger partial charge is 0.497 e. The molecule has 3 aromatic carbocycles. The Morgan fingerprint density at radius 1 is 0.952 bits per heavy atom. The molecule has 3 aromatic rings. The summed E-state index contributed by atoms with van der Waals surface area (Å²) in [6.45, 7) is 2.08. The minimum atomic E-state index is -1.06. The Kier molecular flexibility index (Phi) is 7.55. The summed E-state index contributed by atoms with van der Waals surface area (Å²) in [6.07, 6.45) is 1.45. The number of amides is 2. The highest BCUT2D eigenvalue weighted by atomic mass is 16.6. The molecule has 1 N–H and O–H groups in total. The van der Waals surface area contributed by atoms with Crippen LogP contribution in [-0.2, 0) is 15.1 Å². The van der Waals surface area contributed by atoms with E-state index in [1.165, 1.54) is 0 Å². The van der Waals surface area contributed by atoms with Crippen LogP contribution in [0.15, 0.2) is 99.4 Å². The van der Waals surface area contributed by atoms with Gasteiger partial charge in [0.05, 0.1) is 32.6 Å². The minimum Gasteiger partial charge on any atom is -0.497 e. The topological polar surface area (TPSA) is 111 Å². The molecule has 9 nitrogen and oxygen atoms in total. The summed E-state index contributed by atoms with van der Waals surface area (Å²) < 4.78 is 24.2. The number of allylic oxidation sites excluding steroid dienone is 1. The first-order valence-corrected chi connectivity index (χ1v) is 13.7. The lowest BCUT2D eigenvalue weighted by atomic mass is 9.78. The highest BCUT2D eigenvalue weighted by Crippen LogP contribution is 2.44. The fourth-order valence-corrected chi connectivity index (χ4v) is 5.78. The van der Waals surface area contributed by atoms with Crippen LogP contribution in [0, 0.1) is 6.92 Å². The Bertz CT molecular complexity index is 1610. The molecular weight excluding hydrogens is 534 g/mol. The average Bonchev–Trinajstić information content (AvgIpc) is 3.64. The molecule has 9 heteroatoms. The number of methoxy groups -OCH3 is 2. The van der Waals surface area contributed by atoms with Gasteiger partial charge in [0.25, 0.3) is 0 Å². The summed E-state index contributed by atoms with van der Waals surface area (Å²) in [5.41, 5.74) is 3.67. The minimum absolute atomic E-state index is 0.0573. The molecule has 6 rings (SSSR count). The van der Waals surface area contributed by atoms with Gasteiger partial charge in [0.15, 0.2) is 5.84 Å². The maximum Gasteiger partial charge on any atom is 0.369 e. The van der Waals surface area contributed by atoms with E-state index in [0.717, 1.165) is 33.8 Å². The van der Waals surface area contributed by atoms with Gasteiger partial charge in [-0.3, -0.25) is 0 Å². The number of aliphatic imine (C=N–C) groups is 3. The Labute approximate surface area is 243 Å². The third-order valence-corrected chi connectivity index (χ3v) is 7.86. The van der Waals surface area contributed by atoms with Gasteiger partial charge in [-0.25, -0.2) is 9.79 Å². The van der Waals surface area contributed by atoms with Gasteiger partial charge < -0.3 is 24.1 Å². The number of amidine groups is 1. The predicted molar refractivity (Wildman–Crippen MR) is 159 cm³/mol. The molecule has 2 amide bonds. The van der Waals surface area contributed by atoms with E-state index < -0.39 is 29.9 Å². The smallest absolute Gasteiger partial charge is 0.369 e. The van der Waals surface area contributed by atoms with Gasteiger partial charge >= 0.3 is 6.03 Å². The van der Waals surface area contributed by atoms with Crippen LogP contribution in [0.1, 0.15) is 28.7 Å². The van der Waals surface area contributed by atoms with Gasteiger partial charge in [0, 0.05) is 18.2 Å². The molecule has 3 aliphatic heterocycles. The predicted octanol–water partition coefficient (Wildman–Crippen LogP) is 4.82. The number of rotatable bonds is 9. The van der Waals surface area contributed by atoms with Crippen molar-refractivity contribution in [2.45, 2.75) is 37.3 Å². The van der Waals surface area contributed by atoms with Crippen molar-refractivity contribution in [2.24, 2.45) is 15.0 Å². The lowest BCUT2D eigenvalue weighted by Gasteiger charge is -2.38. The van der Waals surface area contributed by atoms with Gasteiger partial charge in [-0.2, -0.15) is 9.98 Å². The number of benzene rings is 3. The third kappa shape index (κ3) is 4.96. The first-order chi connectivity index (χ1) is 20.4. The number of aliphatic hydroxyl groups is 1. The molecule has 3 heterocycles. The molecule has 0 aromatic heterocycles. The monoisotopic (exact) mass is 565 g/mol. The van der Waals surface area contributed by atoms with E-state index in [4.69, 9.17) is 18.9 Å². The molecule has 1 fully saturated rings. The van der Waals surface area contributed by atoms with Crippen molar-refractivity contribution < 1.29 is 28.8 Å². The van der Waals surface area contributed by atoms with E-state index in [1.54, 1.807) is 26.5 Å². The van der Waals surface area contributed by atoms with Crippen molar-refractivity contribution in [2.75, 3.05) is 20.8 Å². The first-order valence-electron chi connectivity index (χ1n) is 13.7. The summed E-state index contributed by atoms with van der Waals surface area (Å²) in [6, 6.07) is 23.0. The number of hydrogen-bond acceptors (Lipinski definition) is 7. The molecule has 2 unspecified atom stereocenters. The normalized spacial score (nSPS) is 22.6. The maximum atomic E-state index is 12.2. The zero-order valence-electron chi connectivity index (χ0n) is 23.6. The molecule has 1 saturated heterocycles. The van der Waals surface area contributed by atoms with Gasteiger partial charge in [0.2, 0.25) is 0 Å². The summed E-state index contributed by atoms with van der Waals surface area (Å²) in [4.78, 5) is 24.3. The number of aliphatic hydroxyl groups excluding tert-OH is 1. The van der Waals surface area contributed by atoms with Gasteiger partial charge in [0.1, 0.15) is 29.3 Å². The van der Waals surface area contributed by atoms with Crippen LogP contribution in [0.25, 0.3) is 0 Å². The summed E-state index contributed by atoms with van der Waals surface area (Å²) >= 11 is 0. The number of aryl methyl sites for hydroxylation is 1. The SMILES string of the molecule is COc1ccc(C(OC[C@H]2OC(C3=NC(=O)N=C4N=CC=C43)C[C@H]2O)(c2ccccc2)c2ccc(OC)cc2C)cc1. The molecule has 0 radical (unpaired) electrons. The molecule has 4 atom stereocenters. The van der Waals surface area contributed by atoms with E-state index in [2.05, 4.69) is 15.0 Å². The third-order valence-electron chi connectivity index (χ3n) is 7.86. The Morgan fingerprint density at radius 2 is 1.67 bits per heavy atom. The number of fused-ring (bicyclic) bond motifs is 1. The van der Waals surface area contributed by atoms with Crippen molar-refractivity contribution in [3.05, 3.63) is 107 Å². The summed E-state index contributed by atoms with van der Waals surface area (Å²) in [7, 11) is 3.27. The maximum absolute atomic E-state index is 12.2. The molecule has 0 aliphatic carbocycles. The van der Waals surface area contributed by atoms with Crippen LogP contribution in [0.4, 0.5) is 4.79 Å². The van der Waals surface area contributed by atoms with Crippen LogP contribution < -0.4 is 9.47 Å².